The highest BCUT2D eigenvalue weighted by Crippen LogP contribution is 2.34. The van der Waals surface area contributed by atoms with E-state index in [0.717, 1.165) is 5.69 Å². The molecular weight excluding hydrogens is 226 g/mol. The van der Waals surface area contributed by atoms with Crippen LogP contribution in [0.5, 0.6) is 0 Å². The van der Waals surface area contributed by atoms with Crippen LogP contribution in [0.15, 0.2) is 35.3 Å². The van der Waals surface area contributed by atoms with E-state index in [-0.39, 0.29) is 5.54 Å². The Morgan fingerprint density at radius 1 is 1.39 bits per heavy atom. The molecular formula is C14H21N3O. The van der Waals surface area contributed by atoms with E-state index < -0.39 is 0 Å². The molecule has 0 fully saturated rings. The zero-order valence-corrected chi connectivity index (χ0v) is 11.3. The van der Waals surface area contributed by atoms with E-state index in [0.29, 0.717) is 25.0 Å². The third kappa shape index (κ3) is 1.97. The minimum absolute atomic E-state index is 0.180. The molecule has 0 aliphatic carbocycles. The molecule has 2 rings (SSSR count). The van der Waals surface area contributed by atoms with Gasteiger partial charge in [0.2, 0.25) is 0 Å². The first-order valence-corrected chi connectivity index (χ1v) is 6.26. The Hall–Kier alpha value is -1.55. The number of guanidine groups is 1. The lowest BCUT2D eigenvalue weighted by molar-refractivity contribution is 0.115. The van der Waals surface area contributed by atoms with Crippen molar-refractivity contribution >= 4 is 11.6 Å². The van der Waals surface area contributed by atoms with Crippen molar-refractivity contribution in [1.29, 1.82) is 0 Å². The van der Waals surface area contributed by atoms with Crippen LogP contribution in [0.4, 0.5) is 5.69 Å². The van der Waals surface area contributed by atoms with Gasteiger partial charge in [-0.15, -0.1) is 0 Å². The largest absolute Gasteiger partial charge is 0.382 e. The minimum Gasteiger partial charge on any atom is -0.382 e. The molecule has 4 heteroatoms. The molecule has 4 nitrogen and oxygen atoms in total. The number of anilines is 1. The Kier molecular flexibility index (Phi) is 3.57. The molecule has 1 aromatic carbocycles. The summed E-state index contributed by atoms with van der Waals surface area (Å²) in [5.41, 5.74) is 6.97. The smallest absolute Gasteiger partial charge is 0.196 e. The summed E-state index contributed by atoms with van der Waals surface area (Å²) < 4.78 is 5.42. The zero-order valence-electron chi connectivity index (χ0n) is 11.3. The first-order chi connectivity index (χ1) is 8.62. The third-order valence-electron chi connectivity index (χ3n) is 3.67. The molecule has 98 valence electrons. The number of para-hydroxylation sites is 1. The summed E-state index contributed by atoms with van der Waals surface area (Å²) in [4.78, 5) is 6.54. The lowest BCUT2D eigenvalue weighted by atomic mass is 9.85. The molecule has 1 heterocycles. The Bertz CT molecular complexity index is 430. The maximum atomic E-state index is 6.08. The standard InChI is InChI=1S/C14H21N3O/c1-11(2)14(10-18-3)9-16-13(15)17(14)12-7-5-4-6-8-12/h4-8,11H,9-10H2,1-3H3,(H2,15,16). The van der Waals surface area contributed by atoms with Crippen molar-refractivity contribution in [2.24, 2.45) is 16.6 Å². The zero-order chi connectivity index (χ0) is 13.2. The van der Waals surface area contributed by atoms with Crippen molar-refractivity contribution in [2.75, 3.05) is 25.2 Å². The Labute approximate surface area is 108 Å². The van der Waals surface area contributed by atoms with Gasteiger partial charge in [0.05, 0.1) is 18.7 Å². The van der Waals surface area contributed by atoms with E-state index in [1.54, 1.807) is 7.11 Å². The summed E-state index contributed by atoms with van der Waals surface area (Å²) >= 11 is 0. The molecule has 1 aromatic rings. The summed E-state index contributed by atoms with van der Waals surface area (Å²) in [7, 11) is 1.72. The van der Waals surface area contributed by atoms with Crippen LogP contribution in [-0.2, 0) is 4.74 Å². The van der Waals surface area contributed by atoms with Crippen LogP contribution in [-0.4, -0.2) is 31.8 Å². The number of nitrogens with zero attached hydrogens (tertiary/aromatic N) is 2. The van der Waals surface area contributed by atoms with Crippen LogP contribution in [0.3, 0.4) is 0 Å². The van der Waals surface area contributed by atoms with Gasteiger partial charge in [0.1, 0.15) is 0 Å². The van der Waals surface area contributed by atoms with Gasteiger partial charge in [0, 0.05) is 12.8 Å². The number of hydrogen-bond acceptors (Lipinski definition) is 4. The fourth-order valence-electron chi connectivity index (χ4n) is 2.52. The summed E-state index contributed by atoms with van der Waals surface area (Å²) in [5.74, 6) is 0.967. The van der Waals surface area contributed by atoms with Crippen LogP contribution in [0, 0.1) is 5.92 Å². The van der Waals surface area contributed by atoms with Gasteiger partial charge in [0.25, 0.3) is 0 Å². The molecule has 0 saturated heterocycles. The molecule has 1 atom stereocenters. The van der Waals surface area contributed by atoms with Crippen molar-refractivity contribution in [3.05, 3.63) is 30.3 Å². The predicted octanol–water partition coefficient (Wildman–Crippen LogP) is 1.86. The molecule has 0 spiro atoms. The van der Waals surface area contributed by atoms with Gasteiger partial charge in [0.15, 0.2) is 5.96 Å². The summed E-state index contributed by atoms with van der Waals surface area (Å²) in [6.07, 6.45) is 0. The topological polar surface area (TPSA) is 50.9 Å². The number of hydrogen-bond donors (Lipinski definition) is 1. The number of methoxy groups -OCH3 is 1. The van der Waals surface area contributed by atoms with Gasteiger partial charge < -0.3 is 15.4 Å². The summed E-state index contributed by atoms with van der Waals surface area (Å²) in [6, 6.07) is 10.1. The maximum absolute atomic E-state index is 6.08. The summed E-state index contributed by atoms with van der Waals surface area (Å²) in [5, 5.41) is 0. The van der Waals surface area contributed by atoms with Crippen LogP contribution in [0.2, 0.25) is 0 Å². The second-order valence-electron chi connectivity index (χ2n) is 5.04. The van der Waals surface area contributed by atoms with Gasteiger partial charge in [-0.1, -0.05) is 32.0 Å². The monoisotopic (exact) mass is 247 g/mol. The molecule has 1 aliphatic heterocycles. The normalized spacial score (nSPS) is 23.6. The second kappa shape index (κ2) is 4.98. The molecule has 0 aromatic heterocycles. The van der Waals surface area contributed by atoms with Crippen molar-refractivity contribution in [1.82, 2.24) is 0 Å². The fourth-order valence-corrected chi connectivity index (χ4v) is 2.52. The highest BCUT2D eigenvalue weighted by atomic mass is 16.5. The summed E-state index contributed by atoms with van der Waals surface area (Å²) in [6.45, 7) is 5.66. The van der Waals surface area contributed by atoms with Crippen LogP contribution in [0.1, 0.15) is 13.8 Å². The Balaban J connectivity index is 2.43. The van der Waals surface area contributed by atoms with Gasteiger partial charge in [-0.3, -0.25) is 4.99 Å². The van der Waals surface area contributed by atoms with E-state index >= 15 is 0 Å². The lowest BCUT2D eigenvalue weighted by Crippen LogP contribution is -2.58. The Morgan fingerprint density at radius 2 is 2.06 bits per heavy atom. The van der Waals surface area contributed by atoms with Crippen molar-refractivity contribution in [2.45, 2.75) is 19.4 Å². The number of nitrogens with two attached hydrogens (primary N) is 1. The molecule has 2 N–H and O–H groups in total. The molecule has 0 saturated carbocycles. The lowest BCUT2D eigenvalue weighted by Gasteiger charge is -2.41. The number of ether oxygens (including phenoxy) is 1. The molecule has 18 heavy (non-hydrogen) atoms. The Morgan fingerprint density at radius 3 is 2.61 bits per heavy atom. The van der Waals surface area contributed by atoms with E-state index in [4.69, 9.17) is 10.5 Å². The van der Waals surface area contributed by atoms with Crippen molar-refractivity contribution in [3.8, 4) is 0 Å². The maximum Gasteiger partial charge on any atom is 0.196 e. The van der Waals surface area contributed by atoms with E-state index in [1.165, 1.54) is 0 Å². The van der Waals surface area contributed by atoms with Gasteiger partial charge in [-0.25, -0.2) is 0 Å². The van der Waals surface area contributed by atoms with Gasteiger partial charge >= 0.3 is 0 Å². The average molecular weight is 247 g/mol. The number of rotatable bonds is 4. The first-order valence-electron chi connectivity index (χ1n) is 6.26. The molecule has 0 bridgehead atoms. The molecule has 0 amide bonds. The SMILES string of the molecule is COCC1(C(C)C)CN=C(N)N1c1ccccc1. The minimum atomic E-state index is -0.180. The van der Waals surface area contributed by atoms with Crippen molar-refractivity contribution < 1.29 is 4.74 Å². The average Bonchev–Trinajstić information content (AvgIpc) is 2.69. The number of aliphatic imine (C=N–C) groups is 1. The van der Waals surface area contributed by atoms with E-state index in [1.807, 2.05) is 18.2 Å². The quantitative estimate of drug-likeness (QED) is 0.883. The van der Waals surface area contributed by atoms with Crippen LogP contribution >= 0.6 is 0 Å². The highest BCUT2D eigenvalue weighted by molar-refractivity contribution is 5.98. The van der Waals surface area contributed by atoms with E-state index in [9.17, 15) is 0 Å². The van der Waals surface area contributed by atoms with Gasteiger partial charge in [-0.2, -0.15) is 0 Å². The highest BCUT2D eigenvalue weighted by Gasteiger charge is 2.45. The molecule has 0 radical (unpaired) electrons. The molecule has 1 unspecified atom stereocenters. The second-order valence-corrected chi connectivity index (χ2v) is 5.04. The van der Waals surface area contributed by atoms with Crippen LogP contribution < -0.4 is 10.6 Å². The predicted molar refractivity (Wildman–Crippen MR) is 74.9 cm³/mol. The molecule has 1 aliphatic rings. The van der Waals surface area contributed by atoms with E-state index in [2.05, 4.69) is 35.9 Å². The first kappa shape index (κ1) is 12.9. The van der Waals surface area contributed by atoms with Gasteiger partial charge in [-0.05, 0) is 18.1 Å². The fraction of sp³-hybridized carbons (Fsp3) is 0.500. The van der Waals surface area contributed by atoms with Crippen molar-refractivity contribution in [3.63, 3.8) is 0 Å². The third-order valence-corrected chi connectivity index (χ3v) is 3.67. The number of benzene rings is 1. The van der Waals surface area contributed by atoms with Crippen LogP contribution in [0.25, 0.3) is 0 Å².